The quantitative estimate of drug-likeness (QED) is 0.0270. The largest absolute Gasteiger partial charge is 0.493 e. The molecular weight excluding hydrogens is 881 g/mol. The van der Waals surface area contributed by atoms with Gasteiger partial charge in [-0.15, -0.1) is 0 Å². The summed E-state index contributed by atoms with van der Waals surface area (Å²) >= 11 is 0. The van der Waals surface area contributed by atoms with Gasteiger partial charge in [0, 0.05) is 24.3 Å². The molecule has 0 bridgehead atoms. The highest BCUT2D eigenvalue weighted by Crippen LogP contribution is 2.21. The zero-order valence-electron chi connectivity index (χ0n) is 39.6. The molecule has 1 aromatic carbocycles. The Labute approximate surface area is 403 Å². The second kappa shape index (κ2) is 29.4. The van der Waals surface area contributed by atoms with E-state index in [4.69, 9.17) is 14.2 Å². The lowest BCUT2D eigenvalue weighted by molar-refractivity contribution is 0.0689. The number of anilines is 4. The van der Waals surface area contributed by atoms with Gasteiger partial charge in [0.05, 0.1) is 13.2 Å². The maximum atomic E-state index is 13.8. The first-order valence-electron chi connectivity index (χ1n) is 24.0. The number of carboxylic acid groups (broad SMARTS) is 1. The van der Waals surface area contributed by atoms with Crippen LogP contribution >= 0.6 is 0 Å². The molecule has 0 atom stereocenters. The van der Waals surface area contributed by atoms with Gasteiger partial charge in [-0.25, -0.2) is 29.5 Å². The summed E-state index contributed by atoms with van der Waals surface area (Å²) in [5, 5.41) is 20.2. The molecule has 0 saturated heterocycles. The van der Waals surface area contributed by atoms with Gasteiger partial charge in [0.2, 0.25) is 0 Å². The van der Waals surface area contributed by atoms with Crippen molar-refractivity contribution in [1.29, 1.82) is 0 Å². The summed E-state index contributed by atoms with van der Waals surface area (Å²) in [4.78, 5) is 82.2. The molecule has 0 aliphatic carbocycles. The predicted molar refractivity (Wildman–Crippen MR) is 264 cm³/mol. The molecule has 5 rings (SSSR count). The van der Waals surface area contributed by atoms with Crippen LogP contribution in [0.25, 0.3) is 0 Å². The summed E-state index contributed by atoms with van der Waals surface area (Å²) in [6.45, 7) is 5.13. The third-order valence-corrected chi connectivity index (χ3v) is 10.7. The van der Waals surface area contributed by atoms with E-state index in [0.717, 1.165) is 56.9 Å². The van der Waals surface area contributed by atoms with Crippen molar-refractivity contribution in [2.75, 3.05) is 34.5 Å². The topological polar surface area (TPSA) is 233 Å². The number of rotatable bonds is 30. The number of pyridine rings is 4. The fraction of sp³-hybridized carbons (Fsp3) is 0.404. The molecule has 0 radical (unpaired) electrons. The lowest BCUT2D eigenvalue weighted by Crippen LogP contribution is -2.21. The Bertz CT molecular complexity index is 2440. The van der Waals surface area contributed by atoms with Crippen molar-refractivity contribution >= 4 is 53.1 Å². The number of carboxylic acids is 1. The van der Waals surface area contributed by atoms with Crippen LogP contribution in [0.4, 0.5) is 28.1 Å². The number of hydrogen-bond acceptors (Lipinski definition) is 12. The minimum Gasteiger partial charge on any atom is -0.493 e. The van der Waals surface area contributed by atoms with Gasteiger partial charge in [-0.3, -0.25) is 19.7 Å². The molecule has 0 aliphatic heterocycles. The molecule has 4 aromatic heterocycles. The Morgan fingerprint density at radius 1 is 0.449 bits per heavy atom. The van der Waals surface area contributed by atoms with E-state index in [1.807, 2.05) is 30.3 Å². The number of ether oxygens (including phenoxy) is 3. The number of nitrogens with one attached hydrogen (secondary N) is 4. The van der Waals surface area contributed by atoms with E-state index < -0.39 is 29.8 Å². The summed E-state index contributed by atoms with van der Waals surface area (Å²) in [7, 11) is 0. The number of carbonyl (C=O) groups excluding carboxylic acids is 4. The standard InChI is InChI=1S/C52H64N8O9/c1-3-5-7-9-11-13-15-20-30-67-38-32-40(53-41(33-38)49(62)59-46-28-23-29-47(56-46)60-52(66)69-36-37-24-18-17-19-25-37)48(61)57-44-26-22-27-45(55-44)58-50(63)42-34-39(35-43(54-42)51(64)65)68-31-21-16-14-12-10-8-6-4-2/h17-19,22-29,32-35H,3-16,20-21,30-31,36H2,1-2H3,(H,64,65)(H2,55,57,58,61,63)(H2,56,59,60,62,66). The molecule has 17 nitrogen and oxygen atoms in total. The highest BCUT2D eigenvalue weighted by atomic mass is 16.5. The zero-order chi connectivity index (χ0) is 49.1. The fourth-order valence-electron chi connectivity index (χ4n) is 7.04. The number of aromatic carboxylic acids is 1. The van der Waals surface area contributed by atoms with E-state index in [0.29, 0.717) is 13.2 Å². The number of benzene rings is 1. The van der Waals surface area contributed by atoms with Crippen molar-refractivity contribution in [3.8, 4) is 11.5 Å². The van der Waals surface area contributed by atoms with Crippen molar-refractivity contribution in [1.82, 2.24) is 19.9 Å². The van der Waals surface area contributed by atoms with E-state index >= 15 is 0 Å². The second-order valence-corrected chi connectivity index (χ2v) is 16.5. The maximum Gasteiger partial charge on any atom is 0.413 e. The third-order valence-electron chi connectivity index (χ3n) is 10.7. The van der Waals surface area contributed by atoms with E-state index in [9.17, 15) is 29.1 Å². The van der Waals surface area contributed by atoms with Gasteiger partial charge in [0.25, 0.3) is 17.7 Å². The van der Waals surface area contributed by atoms with Crippen LogP contribution in [0.15, 0.2) is 91.0 Å². The first-order chi connectivity index (χ1) is 33.6. The van der Waals surface area contributed by atoms with Gasteiger partial charge >= 0.3 is 12.1 Å². The number of aromatic nitrogens is 4. The molecule has 4 amide bonds. The Morgan fingerprint density at radius 3 is 1.25 bits per heavy atom. The normalized spacial score (nSPS) is 10.8. The third kappa shape index (κ3) is 19.4. The lowest BCUT2D eigenvalue weighted by Gasteiger charge is -2.12. The van der Waals surface area contributed by atoms with Gasteiger partial charge in [0.15, 0.2) is 5.69 Å². The van der Waals surface area contributed by atoms with Gasteiger partial charge in [-0.05, 0) is 42.7 Å². The first-order valence-corrected chi connectivity index (χ1v) is 24.0. The SMILES string of the molecule is CCCCCCCCCCOc1cc(C(=O)O)nc(C(=O)Nc2cccc(NC(=O)c3cc(OCCCCCCCCCC)cc(C(=O)Nc4cccc(NC(=O)OCc5ccccc5)n4)n3)n2)c1. The van der Waals surface area contributed by atoms with Crippen LogP contribution in [0.2, 0.25) is 0 Å². The molecule has 0 aliphatic rings. The van der Waals surface area contributed by atoms with Crippen LogP contribution in [-0.4, -0.2) is 68.0 Å². The van der Waals surface area contributed by atoms with Crippen molar-refractivity contribution in [2.45, 2.75) is 123 Å². The van der Waals surface area contributed by atoms with Crippen molar-refractivity contribution in [2.24, 2.45) is 0 Å². The molecule has 5 N–H and O–H groups in total. The average molecular weight is 945 g/mol. The minimum absolute atomic E-state index is 0.0332. The fourth-order valence-corrected chi connectivity index (χ4v) is 7.04. The number of carbonyl (C=O) groups is 5. The predicted octanol–water partition coefficient (Wildman–Crippen LogP) is 11.5. The van der Waals surface area contributed by atoms with Gasteiger partial charge in [-0.2, -0.15) is 0 Å². The van der Waals surface area contributed by atoms with E-state index in [-0.39, 0.29) is 64.2 Å². The molecule has 0 saturated carbocycles. The molecule has 69 heavy (non-hydrogen) atoms. The molecule has 4 heterocycles. The van der Waals surface area contributed by atoms with E-state index in [1.165, 1.54) is 99.9 Å². The van der Waals surface area contributed by atoms with Gasteiger partial charge in [0.1, 0.15) is 58.5 Å². The van der Waals surface area contributed by atoms with Crippen molar-refractivity contribution in [3.63, 3.8) is 0 Å². The molecule has 366 valence electrons. The summed E-state index contributed by atoms with van der Waals surface area (Å²) in [5.74, 6) is -2.78. The Hall–Kier alpha value is -7.43. The highest BCUT2D eigenvalue weighted by Gasteiger charge is 2.20. The van der Waals surface area contributed by atoms with Gasteiger partial charge in [-0.1, -0.05) is 146 Å². The first kappa shape index (κ1) is 52.5. The van der Waals surface area contributed by atoms with Crippen molar-refractivity contribution in [3.05, 3.63) is 119 Å². The van der Waals surface area contributed by atoms with Crippen LogP contribution in [0, 0.1) is 0 Å². The minimum atomic E-state index is -1.32. The molecule has 5 aromatic rings. The number of nitrogens with zero attached hydrogens (tertiary/aromatic N) is 4. The molecule has 0 unspecified atom stereocenters. The molecule has 0 fully saturated rings. The zero-order valence-corrected chi connectivity index (χ0v) is 39.6. The van der Waals surface area contributed by atoms with Crippen LogP contribution in [-0.2, 0) is 11.3 Å². The second-order valence-electron chi connectivity index (χ2n) is 16.5. The van der Waals surface area contributed by atoms with Crippen LogP contribution in [0.5, 0.6) is 11.5 Å². The van der Waals surface area contributed by atoms with E-state index in [2.05, 4.69) is 55.1 Å². The molecular formula is C52H64N8O9. The molecule has 17 heteroatoms. The summed E-state index contributed by atoms with van der Waals surface area (Å²) in [6.07, 6.45) is 16.9. The number of unbranched alkanes of at least 4 members (excludes halogenated alkanes) is 14. The number of hydrogen-bond donors (Lipinski definition) is 5. The Kier molecular flexibility index (Phi) is 22.4. The highest BCUT2D eigenvalue weighted by molar-refractivity contribution is 6.07. The van der Waals surface area contributed by atoms with Crippen LogP contribution in [0.1, 0.15) is 164 Å². The summed E-state index contributed by atoms with van der Waals surface area (Å²) in [6, 6.07) is 23.9. The van der Waals surface area contributed by atoms with Crippen LogP contribution < -0.4 is 30.7 Å². The Morgan fingerprint density at radius 2 is 0.826 bits per heavy atom. The summed E-state index contributed by atoms with van der Waals surface area (Å²) in [5.41, 5.74) is -0.0595. The van der Waals surface area contributed by atoms with E-state index in [1.54, 1.807) is 12.1 Å². The average Bonchev–Trinajstić information content (AvgIpc) is 3.35. The monoisotopic (exact) mass is 944 g/mol. The lowest BCUT2D eigenvalue weighted by atomic mass is 10.1. The van der Waals surface area contributed by atoms with Crippen molar-refractivity contribution < 1.29 is 43.3 Å². The maximum absolute atomic E-state index is 13.8. The van der Waals surface area contributed by atoms with Crippen LogP contribution in [0.3, 0.4) is 0 Å². The van der Waals surface area contributed by atoms with Gasteiger partial charge < -0.3 is 35.3 Å². The molecule has 0 spiro atoms. The number of amides is 4. The smallest absolute Gasteiger partial charge is 0.413 e. The summed E-state index contributed by atoms with van der Waals surface area (Å²) < 4.78 is 17.2. The Balaban J connectivity index is 1.23.